The fraction of sp³-hybridized carbons (Fsp3) is 0.406. The van der Waals surface area contributed by atoms with E-state index in [1.807, 2.05) is 42.5 Å². The summed E-state index contributed by atoms with van der Waals surface area (Å²) in [6.45, 7) is 2.81. The van der Waals surface area contributed by atoms with Crippen LogP contribution in [-0.4, -0.2) is 45.8 Å². The number of benzene rings is 3. The van der Waals surface area contributed by atoms with Crippen molar-refractivity contribution >= 4 is 5.91 Å². The number of carbonyl (C=O) groups excluding carboxylic acids is 1. The maximum absolute atomic E-state index is 13.6. The van der Waals surface area contributed by atoms with Gasteiger partial charge in [0.25, 0.3) is 0 Å². The van der Waals surface area contributed by atoms with Crippen molar-refractivity contribution < 1.29 is 23.7 Å². The average molecular weight is 533 g/mol. The van der Waals surface area contributed by atoms with Crippen molar-refractivity contribution in [3.8, 4) is 23.0 Å². The standard InChI is InChI=1S/C32H40N2O5/c1-6-7-16-32(31(33)35,24-11-9-8-10-12-24)34-17-15-23-20-29(38-4)30(39-5)21-25(23)26(34)18-22-13-14-27(36-2)28(19-22)37-3/h8-14,19-21,26H,6-7,15-18H2,1-5H3,(H2,33,35). The van der Waals surface area contributed by atoms with E-state index in [9.17, 15) is 4.79 Å². The molecule has 3 aromatic carbocycles. The molecule has 1 aliphatic rings. The predicted molar refractivity (Wildman–Crippen MR) is 153 cm³/mol. The summed E-state index contributed by atoms with van der Waals surface area (Å²) in [7, 11) is 6.57. The van der Waals surface area contributed by atoms with Gasteiger partial charge in [0, 0.05) is 12.6 Å². The Bertz CT molecular complexity index is 1280. The molecule has 2 atom stereocenters. The Morgan fingerprint density at radius 2 is 1.54 bits per heavy atom. The monoisotopic (exact) mass is 532 g/mol. The number of unbranched alkanes of at least 4 members (excludes halogenated alkanes) is 1. The van der Waals surface area contributed by atoms with E-state index in [0.29, 0.717) is 42.4 Å². The van der Waals surface area contributed by atoms with Gasteiger partial charge in [-0.3, -0.25) is 9.69 Å². The SMILES string of the molecule is CCCCC(C(N)=O)(c1ccccc1)N1CCc2cc(OC)c(OC)cc2C1Cc1ccc(OC)c(OC)c1. The topological polar surface area (TPSA) is 83.3 Å². The number of ether oxygens (including phenoxy) is 4. The van der Waals surface area contributed by atoms with Crippen LogP contribution in [0.4, 0.5) is 0 Å². The Labute approximate surface area is 231 Å². The van der Waals surface area contributed by atoms with Crippen molar-refractivity contribution in [2.75, 3.05) is 35.0 Å². The van der Waals surface area contributed by atoms with Gasteiger partial charge in [-0.1, -0.05) is 56.2 Å². The molecule has 0 bridgehead atoms. The summed E-state index contributed by atoms with van der Waals surface area (Å²) in [6, 6.07) is 19.9. The molecule has 0 radical (unpaired) electrons. The van der Waals surface area contributed by atoms with Crippen LogP contribution in [0, 0.1) is 0 Å². The maximum atomic E-state index is 13.6. The fourth-order valence-corrected chi connectivity index (χ4v) is 5.94. The lowest BCUT2D eigenvalue weighted by atomic mass is 9.77. The van der Waals surface area contributed by atoms with Gasteiger partial charge in [-0.15, -0.1) is 0 Å². The Morgan fingerprint density at radius 1 is 0.897 bits per heavy atom. The molecule has 0 aliphatic carbocycles. The number of primary amides is 1. The quantitative estimate of drug-likeness (QED) is 0.335. The van der Waals surface area contributed by atoms with Crippen LogP contribution in [0.25, 0.3) is 0 Å². The van der Waals surface area contributed by atoms with Crippen LogP contribution in [0.5, 0.6) is 23.0 Å². The molecule has 0 saturated heterocycles. The molecule has 0 spiro atoms. The van der Waals surface area contributed by atoms with Gasteiger partial charge < -0.3 is 24.7 Å². The van der Waals surface area contributed by atoms with Crippen molar-refractivity contribution in [2.45, 2.75) is 50.6 Å². The number of rotatable bonds is 12. The highest BCUT2D eigenvalue weighted by atomic mass is 16.5. The van der Waals surface area contributed by atoms with Crippen molar-refractivity contribution in [3.05, 3.63) is 82.9 Å². The zero-order valence-corrected chi connectivity index (χ0v) is 23.7. The molecule has 2 unspecified atom stereocenters. The molecule has 0 saturated carbocycles. The van der Waals surface area contributed by atoms with Crippen LogP contribution in [-0.2, 0) is 23.2 Å². The largest absolute Gasteiger partial charge is 0.493 e. The molecule has 7 heteroatoms. The van der Waals surface area contributed by atoms with Crippen molar-refractivity contribution in [1.29, 1.82) is 0 Å². The minimum atomic E-state index is -0.969. The normalized spacial score (nSPS) is 16.6. The van der Waals surface area contributed by atoms with Gasteiger partial charge in [0.2, 0.25) is 5.91 Å². The first-order valence-corrected chi connectivity index (χ1v) is 13.5. The van der Waals surface area contributed by atoms with Gasteiger partial charge in [-0.05, 0) is 65.8 Å². The van der Waals surface area contributed by atoms with Crippen LogP contribution in [0.2, 0.25) is 0 Å². The van der Waals surface area contributed by atoms with E-state index >= 15 is 0 Å². The molecule has 7 nitrogen and oxygen atoms in total. The summed E-state index contributed by atoms with van der Waals surface area (Å²) in [6.07, 6.45) is 3.85. The molecule has 3 aromatic rings. The minimum absolute atomic E-state index is 0.156. The number of carbonyl (C=O) groups is 1. The molecular weight excluding hydrogens is 492 g/mol. The summed E-state index contributed by atoms with van der Waals surface area (Å²) in [5.41, 5.74) is 9.67. The highest BCUT2D eigenvalue weighted by Gasteiger charge is 2.48. The number of hydrogen-bond acceptors (Lipinski definition) is 6. The lowest BCUT2D eigenvalue weighted by molar-refractivity contribution is -0.134. The lowest BCUT2D eigenvalue weighted by Gasteiger charge is -2.49. The summed E-state index contributed by atoms with van der Waals surface area (Å²) < 4.78 is 22.4. The average Bonchev–Trinajstić information content (AvgIpc) is 2.97. The molecule has 4 rings (SSSR count). The molecule has 0 fully saturated rings. The highest BCUT2D eigenvalue weighted by Crippen LogP contribution is 2.47. The Morgan fingerprint density at radius 3 is 2.15 bits per heavy atom. The Kier molecular flexibility index (Phi) is 9.02. The molecule has 208 valence electrons. The van der Waals surface area contributed by atoms with E-state index < -0.39 is 5.54 Å². The summed E-state index contributed by atoms with van der Waals surface area (Å²) in [5, 5.41) is 0. The summed E-state index contributed by atoms with van der Waals surface area (Å²) >= 11 is 0. The first-order valence-electron chi connectivity index (χ1n) is 13.5. The van der Waals surface area contributed by atoms with E-state index in [1.165, 1.54) is 5.56 Å². The summed E-state index contributed by atoms with van der Waals surface area (Å²) in [5.74, 6) is 2.37. The first-order chi connectivity index (χ1) is 18.9. The number of nitrogens with two attached hydrogens (primary N) is 1. The Hall–Kier alpha value is -3.71. The minimum Gasteiger partial charge on any atom is -0.493 e. The third-order valence-corrected chi connectivity index (χ3v) is 7.92. The zero-order valence-electron chi connectivity index (χ0n) is 23.7. The van der Waals surface area contributed by atoms with Crippen LogP contribution in [0.1, 0.15) is 54.5 Å². The number of fused-ring (bicyclic) bond motifs is 1. The van der Waals surface area contributed by atoms with Gasteiger partial charge >= 0.3 is 0 Å². The van der Waals surface area contributed by atoms with E-state index in [-0.39, 0.29) is 11.9 Å². The lowest BCUT2D eigenvalue weighted by Crippen LogP contribution is -2.58. The van der Waals surface area contributed by atoms with Crippen LogP contribution in [0.3, 0.4) is 0 Å². The number of amides is 1. The Balaban J connectivity index is 1.92. The molecule has 39 heavy (non-hydrogen) atoms. The third kappa shape index (κ3) is 5.41. The van der Waals surface area contributed by atoms with Crippen LogP contribution >= 0.6 is 0 Å². The van der Waals surface area contributed by atoms with Crippen LogP contribution < -0.4 is 24.7 Å². The van der Waals surface area contributed by atoms with Crippen molar-refractivity contribution in [1.82, 2.24) is 4.90 Å². The van der Waals surface area contributed by atoms with Crippen molar-refractivity contribution in [3.63, 3.8) is 0 Å². The summed E-state index contributed by atoms with van der Waals surface area (Å²) in [4.78, 5) is 16.0. The molecule has 1 amide bonds. The van der Waals surface area contributed by atoms with E-state index in [2.05, 4.69) is 30.0 Å². The number of nitrogens with zero attached hydrogens (tertiary/aromatic N) is 1. The highest BCUT2D eigenvalue weighted by molar-refractivity contribution is 5.86. The van der Waals surface area contributed by atoms with Crippen LogP contribution in [0.15, 0.2) is 60.7 Å². The van der Waals surface area contributed by atoms with Gasteiger partial charge in [0.05, 0.1) is 28.4 Å². The van der Waals surface area contributed by atoms with Gasteiger partial charge in [-0.2, -0.15) is 0 Å². The molecule has 0 aromatic heterocycles. The predicted octanol–water partition coefficient (Wildman–Crippen LogP) is 5.43. The van der Waals surface area contributed by atoms with Crippen molar-refractivity contribution in [2.24, 2.45) is 5.73 Å². The molecule has 1 aliphatic heterocycles. The third-order valence-electron chi connectivity index (χ3n) is 7.92. The van der Waals surface area contributed by atoms with Gasteiger partial charge in [0.1, 0.15) is 5.54 Å². The number of hydrogen-bond donors (Lipinski definition) is 1. The fourth-order valence-electron chi connectivity index (χ4n) is 5.94. The first kappa shape index (κ1) is 28.3. The molecular formula is C32H40N2O5. The second-order valence-electron chi connectivity index (χ2n) is 9.95. The van der Waals surface area contributed by atoms with Gasteiger partial charge in [-0.25, -0.2) is 0 Å². The zero-order chi connectivity index (χ0) is 28.0. The van der Waals surface area contributed by atoms with E-state index in [4.69, 9.17) is 24.7 Å². The molecule has 2 N–H and O–H groups in total. The van der Waals surface area contributed by atoms with E-state index in [1.54, 1.807) is 28.4 Å². The van der Waals surface area contributed by atoms with E-state index in [0.717, 1.165) is 36.0 Å². The maximum Gasteiger partial charge on any atom is 0.242 e. The number of methoxy groups -OCH3 is 4. The second kappa shape index (κ2) is 12.4. The molecule has 1 heterocycles. The second-order valence-corrected chi connectivity index (χ2v) is 9.95. The van der Waals surface area contributed by atoms with Gasteiger partial charge in [0.15, 0.2) is 23.0 Å². The smallest absolute Gasteiger partial charge is 0.242 e.